The Bertz CT molecular complexity index is 1180. The smallest absolute Gasteiger partial charge is 0.265 e. The molecule has 5 nitrogen and oxygen atoms in total. The second-order valence-corrected chi connectivity index (χ2v) is 9.01. The lowest BCUT2D eigenvalue weighted by atomic mass is 10.1. The molecule has 0 fully saturated rings. The highest BCUT2D eigenvalue weighted by molar-refractivity contribution is 7.93. The van der Waals surface area contributed by atoms with E-state index in [0.717, 1.165) is 27.6 Å². The lowest BCUT2D eigenvalue weighted by Crippen LogP contribution is -2.29. The number of anilines is 2. The average Bonchev–Trinajstić information content (AvgIpc) is 2.88. The van der Waals surface area contributed by atoms with Crippen molar-refractivity contribution in [2.45, 2.75) is 31.6 Å². The van der Waals surface area contributed by atoms with Crippen LogP contribution in [0, 0.1) is 13.8 Å². The van der Waals surface area contributed by atoms with Crippen LogP contribution in [-0.4, -0.2) is 20.9 Å². The van der Waals surface area contributed by atoms with Gasteiger partial charge in [-0.25, -0.2) is 8.42 Å². The van der Waals surface area contributed by atoms with Crippen LogP contribution in [0.3, 0.4) is 0 Å². The molecule has 6 heteroatoms. The molecule has 0 aliphatic carbocycles. The number of aryl methyl sites for hydroxylation is 2. The second kappa shape index (κ2) is 6.95. The van der Waals surface area contributed by atoms with Gasteiger partial charge in [0.1, 0.15) is 0 Å². The summed E-state index contributed by atoms with van der Waals surface area (Å²) in [5, 5.41) is 4.61. The van der Waals surface area contributed by atoms with E-state index in [2.05, 4.69) is 5.32 Å². The zero-order chi connectivity index (χ0) is 19.9. The molecule has 0 radical (unpaired) electrons. The van der Waals surface area contributed by atoms with Gasteiger partial charge in [0, 0.05) is 24.0 Å². The monoisotopic (exact) mass is 394 g/mol. The highest BCUT2D eigenvalue weighted by Gasteiger charge is 2.34. The summed E-state index contributed by atoms with van der Waals surface area (Å²) in [6.45, 7) is 4.20. The van der Waals surface area contributed by atoms with Crippen molar-refractivity contribution in [2.75, 3.05) is 16.2 Å². The second-order valence-electron chi connectivity index (χ2n) is 7.18. The minimum atomic E-state index is -3.57. The topological polar surface area (TPSA) is 66.5 Å². The first-order chi connectivity index (χ1) is 13.4. The van der Waals surface area contributed by atoms with Gasteiger partial charge in [-0.3, -0.25) is 9.10 Å². The molecule has 1 aliphatic rings. The van der Waals surface area contributed by atoms with E-state index in [1.165, 1.54) is 4.31 Å². The summed E-state index contributed by atoms with van der Waals surface area (Å²) in [5.41, 5.74) is 3.58. The van der Waals surface area contributed by atoms with Gasteiger partial charge in [0.15, 0.2) is 0 Å². The summed E-state index contributed by atoms with van der Waals surface area (Å²) < 4.78 is 27.3. The highest BCUT2D eigenvalue weighted by atomic mass is 32.2. The van der Waals surface area contributed by atoms with Gasteiger partial charge in [-0.2, -0.15) is 0 Å². The molecular formula is C22H22N2O3S. The van der Waals surface area contributed by atoms with E-state index >= 15 is 0 Å². The van der Waals surface area contributed by atoms with Crippen molar-refractivity contribution < 1.29 is 13.2 Å². The number of benzene rings is 3. The van der Waals surface area contributed by atoms with Gasteiger partial charge < -0.3 is 5.32 Å². The van der Waals surface area contributed by atoms with Gasteiger partial charge in [-0.15, -0.1) is 0 Å². The molecule has 0 bridgehead atoms. The van der Waals surface area contributed by atoms with E-state index in [1.807, 2.05) is 56.3 Å². The zero-order valence-electron chi connectivity index (χ0n) is 15.9. The van der Waals surface area contributed by atoms with Crippen LogP contribution >= 0.6 is 0 Å². The molecule has 3 aromatic rings. The van der Waals surface area contributed by atoms with Crippen molar-refractivity contribution in [3.8, 4) is 0 Å². The van der Waals surface area contributed by atoms with Gasteiger partial charge in [0.25, 0.3) is 10.0 Å². The molecule has 0 atom stereocenters. The quantitative estimate of drug-likeness (QED) is 0.698. The van der Waals surface area contributed by atoms with Crippen LogP contribution in [0.4, 0.5) is 11.4 Å². The molecule has 4 rings (SSSR count). The molecule has 1 aliphatic heterocycles. The maximum atomic E-state index is 12.9. The van der Waals surface area contributed by atoms with Crippen LogP contribution in [0.2, 0.25) is 0 Å². The Hall–Kier alpha value is -2.86. The van der Waals surface area contributed by atoms with Crippen molar-refractivity contribution in [1.29, 1.82) is 0 Å². The molecule has 0 spiro atoms. The fourth-order valence-corrected chi connectivity index (χ4v) is 5.41. The van der Waals surface area contributed by atoms with E-state index in [0.29, 0.717) is 17.0 Å². The third-order valence-electron chi connectivity index (χ3n) is 5.11. The maximum Gasteiger partial charge on any atom is 0.265 e. The summed E-state index contributed by atoms with van der Waals surface area (Å²) in [7, 11) is -3.57. The van der Waals surface area contributed by atoms with Crippen LogP contribution in [-0.2, 0) is 14.8 Å². The Morgan fingerprint density at radius 2 is 1.79 bits per heavy atom. The fourth-order valence-electron chi connectivity index (χ4n) is 3.67. The highest BCUT2D eigenvalue weighted by Crippen LogP contribution is 2.41. The van der Waals surface area contributed by atoms with Crippen LogP contribution in [0.25, 0.3) is 10.8 Å². The van der Waals surface area contributed by atoms with Gasteiger partial charge in [0.2, 0.25) is 5.91 Å². The molecule has 0 aromatic heterocycles. The fraction of sp³-hybridized carbons (Fsp3) is 0.227. The number of nitrogens with zero attached hydrogens (tertiary/aromatic N) is 1. The predicted octanol–water partition coefficient (Wildman–Crippen LogP) is 4.38. The minimum Gasteiger partial charge on any atom is -0.326 e. The van der Waals surface area contributed by atoms with Crippen molar-refractivity contribution in [2.24, 2.45) is 0 Å². The Balaban J connectivity index is 1.47. The molecule has 28 heavy (non-hydrogen) atoms. The van der Waals surface area contributed by atoms with E-state index < -0.39 is 10.0 Å². The Kier molecular flexibility index (Phi) is 4.59. The first kappa shape index (κ1) is 18.5. The van der Waals surface area contributed by atoms with Crippen LogP contribution in [0.5, 0.6) is 0 Å². The number of carbonyl (C=O) groups is 1. The van der Waals surface area contributed by atoms with Crippen molar-refractivity contribution >= 4 is 38.1 Å². The normalized spacial score (nSPS) is 14.4. The third-order valence-corrected chi connectivity index (χ3v) is 6.97. The minimum absolute atomic E-state index is 0.110. The number of carbonyl (C=O) groups excluding carboxylic acids is 1. The molecule has 1 heterocycles. The standard InChI is InChI=1S/C22H22N2O3S/c1-15-11-12-16(2)18(14-15)23-21(25)10-5-13-24-19-8-3-6-17-7-4-9-20(22(17)19)28(24,26)27/h3-4,6-9,11-12,14H,5,10,13H2,1-2H3,(H,23,25). The largest absolute Gasteiger partial charge is 0.326 e. The molecule has 1 N–H and O–H groups in total. The summed E-state index contributed by atoms with van der Waals surface area (Å²) in [4.78, 5) is 12.7. The number of sulfonamides is 1. The summed E-state index contributed by atoms with van der Waals surface area (Å²) in [6, 6.07) is 16.8. The molecule has 0 saturated heterocycles. The average molecular weight is 394 g/mol. The Morgan fingerprint density at radius 1 is 1.04 bits per heavy atom. The lowest BCUT2D eigenvalue weighted by molar-refractivity contribution is -0.116. The van der Waals surface area contributed by atoms with E-state index in [1.54, 1.807) is 12.1 Å². The molecule has 0 saturated carbocycles. The Labute approximate surface area is 165 Å². The third kappa shape index (κ3) is 3.14. The Morgan fingerprint density at radius 3 is 2.57 bits per heavy atom. The van der Waals surface area contributed by atoms with Crippen molar-refractivity contribution in [3.05, 3.63) is 65.7 Å². The van der Waals surface area contributed by atoms with E-state index in [4.69, 9.17) is 0 Å². The molecular weight excluding hydrogens is 372 g/mol. The number of amides is 1. The van der Waals surface area contributed by atoms with Crippen LogP contribution < -0.4 is 9.62 Å². The van der Waals surface area contributed by atoms with Crippen LogP contribution in [0.15, 0.2) is 59.5 Å². The van der Waals surface area contributed by atoms with Gasteiger partial charge in [-0.05, 0) is 55.0 Å². The SMILES string of the molecule is Cc1ccc(C)c(NC(=O)CCCN2c3cccc4cccc(c34)S2(=O)=O)c1. The molecule has 1 amide bonds. The first-order valence-electron chi connectivity index (χ1n) is 9.29. The first-order valence-corrected chi connectivity index (χ1v) is 10.7. The lowest BCUT2D eigenvalue weighted by Gasteiger charge is -2.18. The summed E-state index contributed by atoms with van der Waals surface area (Å²) in [5.74, 6) is -0.110. The van der Waals surface area contributed by atoms with Gasteiger partial charge in [-0.1, -0.05) is 36.4 Å². The van der Waals surface area contributed by atoms with E-state index in [9.17, 15) is 13.2 Å². The number of rotatable bonds is 5. The molecule has 144 valence electrons. The summed E-state index contributed by atoms with van der Waals surface area (Å²) >= 11 is 0. The number of hydrogen-bond acceptors (Lipinski definition) is 3. The zero-order valence-corrected chi connectivity index (χ0v) is 16.7. The van der Waals surface area contributed by atoms with E-state index in [-0.39, 0.29) is 18.9 Å². The molecule has 0 unspecified atom stereocenters. The number of nitrogens with one attached hydrogen (secondary N) is 1. The van der Waals surface area contributed by atoms with Gasteiger partial charge >= 0.3 is 0 Å². The predicted molar refractivity (Wildman–Crippen MR) is 112 cm³/mol. The van der Waals surface area contributed by atoms with Crippen molar-refractivity contribution in [3.63, 3.8) is 0 Å². The molecule has 3 aromatic carbocycles. The maximum absolute atomic E-state index is 12.9. The summed E-state index contributed by atoms with van der Waals surface area (Å²) in [6.07, 6.45) is 0.700. The van der Waals surface area contributed by atoms with Crippen molar-refractivity contribution in [1.82, 2.24) is 0 Å². The van der Waals surface area contributed by atoms with Gasteiger partial charge in [0.05, 0.1) is 10.6 Å². The number of hydrogen-bond donors (Lipinski definition) is 1. The van der Waals surface area contributed by atoms with Crippen LogP contribution in [0.1, 0.15) is 24.0 Å².